The molecule has 1 aromatic heterocycles. The molecule has 1 N–H and O–H groups in total. The minimum Gasteiger partial charge on any atom is -0.315 e. The lowest BCUT2D eigenvalue weighted by Gasteiger charge is -2.32. The van der Waals surface area contributed by atoms with E-state index in [9.17, 15) is 0 Å². The minimum atomic E-state index is 0.747. The van der Waals surface area contributed by atoms with Gasteiger partial charge in [0.15, 0.2) is 0 Å². The van der Waals surface area contributed by atoms with Crippen LogP contribution in [0.5, 0.6) is 0 Å². The van der Waals surface area contributed by atoms with Crippen molar-refractivity contribution >= 4 is 11.3 Å². The molecule has 0 aliphatic heterocycles. The van der Waals surface area contributed by atoms with Crippen LogP contribution < -0.4 is 5.32 Å². The van der Waals surface area contributed by atoms with Crippen molar-refractivity contribution in [2.24, 2.45) is 5.92 Å². The van der Waals surface area contributed by atoms with E-state index >= 15 is 0 Å². The average Bonchev–Trinajstić information content (AvgIpc) is 2.92. The molecule has 0 aromatic carbocycles. The summed E-state index contributed by atoms with van der Waals surface area (Å²) in [7, 11) is 0. The predicted molar refractivity (Wildman–Crippen MR) is 91.7 cm³/mol. The fraction of sp³-hybridized carbons (Fsp3) is 0.765. The summed E-state index contributed by atoms with van der Waals surface area (Å²) >= 11 is 1.86. The van der Waals surface area contributed by atoms with E-state index < -0.39 is 0 Å². The van der Waals surface area contributed by atoms with Gasteiger partial charge in [-0.15, -0.1) is 11.3 Å². The molecule has 1 rings (SSSR count). The molecule has 0 aliphatic carbocycles. The smallest absolute Gasteiger partial charge is 0.0110 e. The number of nitrogens with one attached hydrogen (secondary N) is 1. The second kappa shape index (κ2) is 10.4. The standard InChI is InChI=1S/C17H32N2S/c1-5-16(6-2)19(14-15(3)4)12-11-18-10-9-17-8-7-13-20-17/h7-8,13,15-16,18H,5-6,9-12,14H2,1-4H3. The summed E-state index contributed by atoms with van der Waals surface area (Å²) in [6, 6.07) is 5.11. The fourth-order valence-electron chi connectivity index (χ4n) is 2.71. The molecule has 116 valence electrons. The molecule has 0 saturated carbocycles. The zero-order valence-corrected chi connectivity index (χ0v) is 14.5. The number of rotatable bonds is 11. The zero-order valence-electron chi connectivity index (χ0n) is 13.7. The van der Waals surface area contributed by atoms with Crippen molar-refractivity contribution < 1.29 is 0 Å². The molecule has 0 aliphatic rings. The van der Waals surface area contributed by atoms with Gasteiger partial charge in [-0.05, 0) is 36.6 Å². The van der Waals surface area contributed by atoms with Crippen molar-refractivity contribution in [3.8, 4) is 0 Å². The third-order valence-corrected chi connectivity index (χ3v) is 4.70. The van der Waals surface area contributed by atoms with Crippen molar-refractivity contribution in [2.75, 3.05) is 26.2 Å². The van der Waals surface area contributed by atoms with Crippen LogP contribution in [0.25, 0.3) is 0 Å². The third-order valence-electron chi connectivity index (χ3n) is 3.76. The summed E-state index contributed by atoms with van der Waals surface area (Å²) in [5.74, 6) is 0.752. The largest absolute Gasteiger partial charge is 0.315 e. The molecule has 0 fully saturated rings. The van der Waals surface area contributed by atoms with Gasteiger partial charge in [-0.1, -0.05) is 33.8 Å². The molecule has 3 heteroatoms. The van der Waals surface area contributed by atoms with E-state index in [1.54, 1.807) is 0 Å². The van der Waals surface area contributed by atoms with Gasteiger partial charge in [0.25, 0.3) is 0 Å². The van der Waals surface area contributed by atoms with Crippen molar-refractivity contribution in [3.63, 3.8) is 0 Å². The Labute approximate surface area is 129 Å². The van der Waals surface area contributed by atoms with E-state index in [0.717, 1.165) is 31.5 Å². The molecule has 0 saturated heterocycles. The van der Waals surface area contributed by atoms with Crippen molar-refractivity contribution in [1.29, 1.82) is 0 Å². The second-order valence-corrected chi connectivity index (χ2v) is 6.97. The van der Waals surface area contributed by atoms with E-state index in [1.807, 2.05) is 11.3 Å². The zero-order chi connectivity index (χ0) is 14.8. The van der Waals surface area contributed by atoms with Crippen LogP contribution in [0, 0.1) is 5.92 Å². The van der Waals surface area contributed by atoms with Gasteiger partial charge >= 0.3 is 0 Å². The highest BCUT2D eigenvalue weighted by Crippen LogP contribution is 2.11. The van der Waals surface area contributed by atoms with Gasteiger partial charge in [0.1, 0.15) is 0 Å². The third kappa shape index (κ3) is 6.87. The quantitative estimate of drug-likeness (QED) is 0.620. The maximum atomic E-state index is 3.60. The number of thiophene rings is 1. The van der Waals surface area contributed by atoms with E-state index in [1.165, 1.54) is 30.8 Å². The monoisotopic (exact) mass is 296 g/mol. The first-order valence-corrected chi connectivity index (χ1v) is 9.02. The Morgan fingerprint density at radius 2 is 1.95 bits per heavy atom. The summed E-state index contributed by atoms with van der Waals surface area (Å²) < 4.78 is 0. The molecule has 0 atom stereocenters. The molecule has 0 bridgehead atoms. The Morgan fingerprint density at radius 3 is 2.50 bits per heavy atom. The summed E-state index contributed by atoms with van der Waals surface area (Å²) in [6.07, 6.45) is 3.68. The maximum Gasteiger partial charge on any atom is 0.0110 e. The molecule has 1 heterocycles. The first-order valence-electron chi connectivity index (χ1n) is 8.14. The summed E-state index contributed by atoms with van der Waals surface area (Å²) in [6.45, 7) is 13.9. The first-order chi connectivity index (χ1) is 9.67. The summed E-state index contributed by atoms with van der Waals surface area (Å²) in [4.78, 5) is 4.15. The molecule has 1 aromatic rings. The molecule has 0 radical (unpaired) electrons. The van der Waals surface area contributed by atoms with Crippen LogP contribution in [0.4, 0.5) is 0 Å². The number of nitrogens with zero attached hydrogens (tertiary/aromatic N) is 1. The molecule has 0 spiro atoms. The lowest BCUT2D eigenvalue weighted by Crippen LogP contribution is -2.41. The van der Waals surface area contributed by atoms with E-state index in [-0.39, 0.29) is 0 Å². The molecular weight excluding hydrogens is 264 g/mol. The summed E-state index contributed by atoms with van der Waals surface area (Å²) in [5.41, 5.74) is 0. The van der Waals surface area contributed by atoms with Gasteiger partial charge in [-0.2, -0.15) is 0 Å². The topological polar surface area (TPSA) is 15.3 Å². The Balaban J connectivity index is 2.23. The Kier molecular flexibility index (Phi) is 9.16. The van der Waals surface area contributed by atoms with Gasteiger partial charge in [0.05, 0.1) is 0 Å². The van der Waals surface area contributed by atoms with Gasteiger partial charge in [-0.25, -0.2) is 0 Å². The average molecular weight is 297 g/mol. The van der Waals surface area contributed by atoms with Gasteiger partial charge < -0.3 is 5.32 Å². The second-order valence-electron chi connectivity index (χ2n) is 5.94. The van der Waals surface area contributed by atoms with Gasteiger partial charge in [0.2, 0.25) is 0 Å². The van der Waals surface area contributed by atoms with E-state index in [0.29, 0.717) is 0 Å². The highest BCUT2D eigenvalue weighted by atomic mass is 32.1. The van der Waals surface area contributed by atoms with Crippen LogP contribution >= 0.6 is 11.3 Å². The highest BCUT2D eigenvalue weighted by Gasteiger charge is 2.15. The van der Waals surface area contributed by atoms with Crippen LogP contribution in [0.3, 0.4) is 0 Å². The molecule has 0 amide bonds. The maximum absolute atomic E-state index is 3.60. The molecular formula is C17H32N2S. The Hall–Kier alpha value is -0.380. The van der Waals surface area contributed by atoms with Crippen LogP contribution in [0.1, 0.15) is 45.4 Å². The number of hydrogen-bond donors (Lipinski definition) is 1. The van der Waals surface area contributed by atoms with Gasteiger partial charge in [-0.3, -0.25) is 4.90 Å². The molecule has 2 nitrogen and oxygen atoms in total. The predicted octanol–water partition coefficient (Wildman–Crippen LogP) is 4.03. The van der Waals surface area contributed by atoms with Crippen LogP contribution in [0.15, 0.2) is 17.5 Å². The highest BCUT2D eigenvalue weighted by molar-refractivity contribution is 7.09. The van der Waals surface area contributed by atoms with E-state index in [2.05, 4.69) is 55.4 Å². The lowest BCUT2D eigenvalue weighted by molar-refractivity contribution is 0.167. The molecule has 0 unspecified atom stereocenters. The lowest BCUT2D eigenvalue weighted by atomic mass is 10.1. The van der Waals surface area contributed by atoms with Crippen molar-refractivity contribution in [1.82, 2.24) is 10.2 Å². The van der Waals surface area contributed by atoms with E-state index in [4.69, 9.17) is 0 Å². The Morgan fingerprint density at radius 1 is 1.20 bits per heavy atom. The SMILES string of the molecule is CCC(CC)N(CCNCCc1cccs1)CC(C)C. The Bertz CT molecular complexity index is 318. The first kappa shape index (κ1) is 17.7. The van der Waals surface area contributed by atoms with Gasteiger partial charge in [0, 0.05) is 37.1 Å². The van der Waals surface area contributed by atoms with Crippen LogP contribution in [0.2, 0.25) is 0 Å². The van der Waals surface area contributed by atoms with Crippen LogP contribution in [-0.4, -0.2) is 37.1 Å². The van der Waals surface area contributed by atoms with Crippen molar-refractivity contribution in [3.05, 3.63) is 22.4 Å². The minimum absolute atomic E-state index is 0.747. The molecule has 20 heavy (non-hydrogen) atoms. The summed E-state index contributed by atoms with van der Waals surface area (Å²) in [5, 5.41) is 5.75. The van der Waals surface area contributed by atoms with Crippen LogP contribution in [-0.2, 0) is 6.42 Å². The van der Waals surface area contributed by atoms with Crippen molar-refractivity contribution in [2.45, 2.75) is 53.0 Å². The number of hydrogen-bond acceptors (Lipinski definition) is 3. The fourth-order valence-corrected chi connectivity index (χ4v) is 3.42. The normalized spacial score (nSPS) is 11.9.